The van der Waals surface area contributed by atoms with Crippen molar-refractivity contribution in [2.75, 3.05) is 7.11 Å². The van der Waals surface area contributed by atoms with E-state index in [9.17, 15) is 0 Å². The lowest BCUT2D eigenvalue weighted by Crippen LogP contribution is -2.48. The fraction of sp³-hybridized carbons (Fsp3) is 0.625. The molecule has 0 aromatic heterocycles. The molecule has 0 aliphatic heterocycles. The molecule has 106 valence electrons. The molecule has 0 amide bonds. The Hall–Kier alpha value is -0.540. The zero-order valence-electron chi connectivity index (χ0n) is 12.1. The van der Waals surface area contributed by atoms with E-state index in [-0.39, 0.29) is 5.54 Å². The van der Waals surface area contributed by atoms with Crippen molar-refractivity contribution in [1.82, 2.24) is 0 Å². The van der Waals surface area contributed by atoms with Gasteiger partial charge in [0, 0.05) is 10.0 Å². The molecule has 0 radical (unpaired) electrons. The Morgan fingerprint density at radius 3 is 2.68 bits per heavy atom. The van der Waals surface area contributed by atoms with Gasteiger partial charge < -0.3 is 10.5 Å². The van der Waals surface area contributed by atoms with Gasteiger partial charge in [-0.1, -0.05) is 36.2 Å². The molecule has 1 unspecified atom stereocenters. The molecular weight excluding hydrogens is 302 g/mol. The van der Waals surface area contributed by atoms with Crippen LogP contribution < -0.4 is 10.5 Å². The molecule has 0 bridgehead atoms. The summed E-state index contributed by atoms with van der Waals surface area (Å²) in [6.07, 6.45) is 5.57. The standard InChI is InChI=1S/C16H24BrNO/c1-15(2)7-4-8-16(18,11-15)10-12-9-13(17)5-6-14(12)19-3/h5-6,9H,4,7-8,10-11,18H2,1-3H3. The zero-order valence-corrected chi connectivity index (χ0v) is 13.7. The lowest BCUT2D eigenvalue weighted by molar-refractivity contribution is 0.150. The van der Waals surface area contributed by atoms with E-state index in [1.165, 1.54) is 18.4 Å². The van der Waals surface area contributed by atoms with E-state index < -0.39 is 0 Å². The second-order valence-electron chi connectivity index (χ2n) is 6.69. The molecule has 1 aliphatic rings. The Balaban J connectivity index is 2.22. The largest absolute Gasteiger partial charge is 0.496 e. The minimum absolute atomic E-state index is 0.101. The summed E-state index contributed by atoms with van der Waals surface area (Å²) in [7, 11) is 1.72. The second-order valence-corrected chi connectivity index (χ2v) is 7.61. The van der Waals surface area contributed by atoms with Gasteiger partial charge in [0.1, 0.15) is 5.75 Å². The van der Waals surface area contributed by atoms with Gasteiger partial charge in [-0.25, -0.2) is 0 Å². The van der Waals surface area contributed by atoms with Crippen molar-refractivity contribution in [2.24, 2.45) is 11.1 Å². The maximum Gasteiger partial charge on any atom is 0.122 e. The van der Waals surface area contributed by atoms with Crippen molar-refractivity contribution in [3.05, 3.63) is 28.2 Å². The van der Waals surface area contributed by atoms with E-state index in [1.807, 2.05) is 12.1 Å². The van der Waals surface area contributed by atoms with Crippen LogP contribution in [-0.2, 0) is 6.42 Å². The summed E-state index contributed by atoms with van der Waals surface area (Å²) in [6, 6.07) is 6.15. The van der Waals surface area contributed by atoms with Crippen LogP contribution in [0.1, 0.15) is 45.1 Å². The number of rotatable bonds is 3. The maximum absolute atomic E-state index is 6.67. The van der Waals surface area contributed by atoms with Gasteiger partial charge in [0.15, 0.2) is 0 Å². The zero-order chi connectivity index (χ0) is 14.1. The molecule has 19 heavy (non-hydrogen) atoms. The van der Waals surface area contributed by atoms with Gasteiger partial charge in [-0.15, -0.1) is 0 Å². The number of nitrogens with two attached hydrogens (primary N) is 1. The van der Waals surface area contributed by atoms with Gasteiger partial charge in [0.25, 0.3) is 0 Å². The highest BCUT2D eigenvalue weighted by Crippen LogP contribution is 2.42. The number of hydrogen-bond acceptors (Lipinski definition) is 2. The molecule has 1 aromatic rings. The van der Waals surface area contributed by atoms with Crippen molar-refractivity contribution >= 4 is 15.9 Å². The van der Waals surface area contributed by atoms with E-state index >= 15 is 0 Å². The lowest BCUT2D eigenvalue weighted by Gasteiger charge is -2.43. The number of hydrogen-bond donors (Lipinski definition) is 1. The molecule has 2 nitrogen and oxygen atoms in total. The van der Waals surface area contributed by atoms with Crippen LogP contribution in [0.2, 0.25) is 0 Å². The summed E-state index contributed by atoms with van der Waals surface area (Å²) in [4.78, 5) is 0. The summed E-state index contributed by atoms with van der Waals surface area (Å²) in [6.45, 7) is 4.65. The fourth-order valence-corrected chi connectivity index (χ4v) is 3.87. The van der Waals surface area contributed by atoms with E-state index in [2.05, 4.69) is 35.8 Å². The van der Waals surface area contributed by atoms with E-state index in [0.717, 1.165) is 29.5 Å². The van der Waals surface area contributed by atoms with Crippen LogP contribution in [0.5, 0.6) is 5.75 Å². The number of methoxy groups -OCH3 is 1. The van der Waals surface area contributed by atoms with Crippen LogP contribution in [-0.4, -0.2) is 12.6 Å². The van der Waals surface area contributed by atoms with E-state index in [0.29, 0.717) is 5.41 Å². The summed E-state index contributed by atoms with van der Waals surface area (Å²) < 4.78 is 6.55. The first-order valence-corrected chi connectivity index (χ1v) is 7.74. The predicted molar refractivity (Wildman–Crippen MR) is 83.6 cm³/mol. The van der Waals surface area contributed by atoms with Crippen LogP contribution in [0.4, 0.5) is 0 Å². The number of ether oxygens (including phenoxy) is 1. The SMILES string of the molecule is COc1ccc(Br)cc1CC1(N)CCCC(C)(C)C1. The number of benzene rings is 1. The molecule has 0 spiro atoms. The van der Waals surface area contributed by atoms with Crippen molar-refractivity contribution in [2.45, 2.75) is 51.5 Å². The Labute approximate surface area is 124 Å². The van der Waals surface area contributed by atoms with Gasteiger partial charge in [-0.05, 0) is 54.9 Å². The molecular formula is C16H24BrNO. The molecule has 1 aromatic carbocycles. The van der Waals surface area contributed by atoms with Crippen LogP contribution >= 0.6 is 15.9 Å². The van der Waals surface area contributed by atoms with Crippen molar-refractivity contribution in [3.63, 3.8) is 0 Å². The van der Waals surface area contributed by atoms with Gasteiger partial charge in [0.2, 0.25) is 0 Å². The first-order chi connectivity index (χ1) is 8.84. The van der Waals surface area contributed by atoms with Gasteiger partial charge in [-0.2, -0.15) is 0 Å². The monoisotopic (exact) mass is 325 g/mol. The van der Waals surface area contributed by atoms with Crippen LogP contribution in [0.15, 0.2) is 22.7 Å². The minimum atomic E-state index is -0.101. The normalized spacial score (nSPS) is 26.2. The van der Waals surface area contributed by atoms with Crippen LogP contribution in [0.3, 0.4) is 0 Å². The molecule has 1 saturated carbocycles. The van der Waals surface area contributed by atoms with Crippen molar-refractivity contribution in [3.8, 4) is 5.75 Å². The third-order valence-electron chi connectivity index (χ3n) is 4.14. The van der Waals surface area contributed by atoms with Gasteiger partial charge in [0.05, 0.1) is 7.11 Å². The second kappa shape index (κ2) is 5.45. The van der Waals surface area contributed by atoms with Crippen LogP contribution in [0, 0.1) is 5.41 Å². The topological polar surface area (TPSA) is 35.2 Å². The maximum atomic E-state index is 6.67. The average molecular weight is 326 g/mol. The fourth-order valence-electron chi connectivity index (χ4n) is 3.46. The van der Waals surface area contributed by atoms with E-state index in [1.54, 1.807) is 7.11 Å². The Morgan fingerprint density at radius 1 is 1.32 bits per heavy atom. The predicted octanol–water partition coefficient (Wildman–Crippen LogP) is 4.30. The molecule has 2 N–H and O–H groups in total. The van der Waals surface area contributed by atoms with Crippen molar-refractivity contribution < 1.29 is 4.74 Å². The minimum Gasteiger partial charge on any atom is -0.496 e. The molecule has 1 fully saturated rings. The molecule has 0 saturated heterocycles. The Kier molecular flexibility index (Phi) is 4.26. The third kappa shape index (κ3) is 3.73. The first-order valence-electron chi connectivity index (χ1n) is 6.95. The highest BCUT2D eigenvalue weighted by atomic mass is 79.9. The molecule has 1 aliphatic carbocycles. The summed E-state index contributed by atoms with van der Waals surface area (Å²) in [5, 5.41) is 0. The summed E-state index contributed by atoms with van der Waals surface area (Å²) in [5.74, 6) is 0.941. The van der Waals surface area contributed by atoms with Crippen molar-refractivity contribution in [1.29, 1.82) is 0 Å². The molecule has 1 atom stereocenters. The lowest BCUT2D eigenvalue weighted by atomic mass is 9.66. The molecule has 2 rings (SSSR count). The first kappa shape index (κ1) is 14.9. The highest BCUT2D eigenvalue weighted by Gasteiger charge is 2.37. The molecule has 3 heteroatoms. The Morgan fingerprint density at radius 2 is 2.05 bits per heavy atom. The summed E-state index contributed by atoms with van der Waals surface area (Å²) >= 11 is 3.53. The van der Waals surface area contributed by atoms with E-state index in [4.69, 9.17) is 10.5 Å². The number of halogens is 1. The Bertz CT molecular complexity index is 458. The quantitative estimate of drug-likeness (QED) is 0.899. The van der Waals surface area contributed by atoms with Gasteiger partial charge >= 0.3 is 0 Å². The molecule has 0 heterocycles. The average Bonchev–Trinajstić information content (AvgIpc) is 2.26. The highest BCUT2D eigenvalue weighted by molar-refractivity contribution is 9.10. The smallest absolute Gasteiger partial charge is 0.122 e. The summed E-state index contributed by atoms with van der Waals surface area (Å²) in [5.41, 5.74) is 8.13. The van der Waals surface area contributed by atoms with Crippen LogP contribution in [0.25, 0.3) is 0 Å². The van der Waals surface area contributed by atoms with Gasteiger partial charge in [-0.3, -0.25) is 0 Å². The third-order valence-corrected chi connectivity index (χ3v) is 4.64.